The van der Waals surface area contributed by atoms with Crippen molar-refractivity contribution >= 4 is 11.9 Å². The molecule has 23 heavy (non-hydrogen) atoms. The Morgan fingerprint density at radius 1 is 0.913 bits per heavy atom. The van der Waals surface area contributed by atoms with Crippen LogP contribution in [0.3, 0.4) is 0 Å². The zero-order valence-electron chi connectivity index (χ0n) is 12.7. The van der Waals surface area contributed by atoms with Crippen molar-refractivity contribution < 1.29 is 29.3 Å². The fourth-order valence-electron chi connectivity index (χ4n) is 3.61. The molecule has 2 N–H and O–H groups in total. The molecule has 2 unspecified atom stereocenters. The van der Waals surface area contributed by atoms with E-state index >= 15 is 0 Å². The number of carbonyl (C=O) groups is 2. The van der Waals surface area contributed by atoms with Gasteiger partial charge in [0.05, 0.1) is 0 Å². The molecule has 1 aliphatic carbocycles. The standard InChI is InChI=1S/C17H20O6/c18-15(19)13-14(16(20)21)23-17(22-13,11-7-3-1-4-8-11)12-9-5-2-6-10-12/h1,3-4,7-8,12-14H,2,5-6,9-10H2,(H,18,19)(H,20,21). The summed E-state index contributed by atoms with van der Waals surface area (Å²) in [6.07, 6.45) is 1.76. The lowest BCUT2D eigenvalue weighted by Gasteiger charge is -2.38. The Hall–Kier alpha value is -1.92. The summed E-state index contributed by atoms with van der Waals surface area (Å²) < 4.78 is 11.6. The largest absolute Gasteiger partial charge is 0.479 e. The van der Waals surface area contributed by atoms with Crippen LogP contribution in [0, 0.1) is 5.92 Å². The average molecular weight is 320 g/mol. The molecule has 6 nitrogen and oxygen atoms in total. The van der Waals surface area contributed by atoms with E-state index in [0.29, 0.717) is 5.56 Å². The number of ether oxygens (including phenoxy) is 2. The first-order valence-electron chi connectivity index (χ1n) is 7.91. The van der Waals surface area contributed by atoms with Gasteiger partial charge in [-0.1, -0.05) is 49.6 Å². The van der Waals surface area contributed by atoms with Crippen molar-refractivity contribution in [3.63, 3.8) is 0 Å². The smallest absolute Gasteiger partial charge is 0.336 e. The fourth-order valence-corrected chi connectivity index (χ4v) is 3.61. The molecule has 1 aromatic rings. The second kappa shape index (κ2) is 6.29. The third-order valence-electron chi connectivity index (χ3n) is 4.68. The molecule has 1 saturated heterocycles. The van der Waals surface area contributed by atoms with Crippen molar-refractivity contribution in [3.8, 4) is 0 Å². The van der Waals surface area contributed by atoms with Crippen LogP contribution in [0.5, 0.6) is 0 Å². The van der Waals surface area contributed by atoms with Crippen LogP contribution in [0.2, 0.25) is 0 Å². The topological polar surface area (TPSA) is 93.1 Å². The molecule has 1 heterocycles. The average Bonchev–Trinajstić information content (AvgIpc) is 2.99. The van der Waals surface area contributed by atoms with Crippen LogP contribution >= 0.6 is 0 Å². The first kappa shape index (κ1) is 16.0. The van der Waals surface area contributed by atoms with Crippen molar-refractivity contribution in [1.82, 2.24) is 0 Å². The first-order chi connectivity index (χ1) is 11.0. The maximum absolute atomic E-state index is 11.4. The van der Waals surface area contributed by atoms with Gasteiger partial charge in [0, 0.05) is 11.5 Å². The van der Waals surface area contributed by atoms with Crippen LogP contribution in [0.15, 0.2) is 30.3 Å². The number of carboxylic acids is 2. The molecular weight excluding hydrogens is 300 g/mol. The highest BCUT2D eigenvalue weighted by molar-refractivity contribution is 5.84. The Bertz CT molecular complexity index is 556. The third-order valence-corrected chi connectivity index (χ3v) is 4.68. The van der Waals surface area contributed by atoms with Gasteiger partial charge >= 0.3 is 11.9 Å². The van der Waals surface area contributed by atoms with E-state index in [1.807, 2.05) is 18.2 Å². The van der Waals surface area contributed by atoms with Crippen molar-refractivity contribution in [2.24, 2.45) is 5.92 Å². The number of hydrogen-bond acceptors (Lipinski definition) is 4. The summed E-state index contributed by atoms with van der Waals surface area (Å²) in [5.74, 6) is -3.98. The van der Waals surface area contributed by atoms with Crippen LogP contribution in [-0.2, 0) is 24.8 Å². The summed E-state index contributed by atoms with van der Waals surface area (Å²) in [7, 11) is 0. The molecule has 0 aromatic heterocycles. The number of benzene rings is 1. The van der Waals surface area contributed by atoms with Gasteiger partial charge in [-0.25, -0.2) is 9.59 Å². The van der Waals surface area contributed by atoms with Gasteiger partial charge in [0.25, 0.3) is 0 Å². The SMILES string of the molecule is O=C(O)C1OC(c2ccccc2)(C2CCCCC2)OC1C(=O)O. The minimum atomic E-state index is -1.50. The fraction of sp³-hybridized carbons (Fsp3) is 0.529. The van der Waals surface area contributed by atoms with Crippen molar-refractivity contribution in [3.05, 3.63) is 35.9 Å². The molecule has 1 aliphatic heterocycles. The Morgan fingerprint density at radius 2 is 1.43 bits per heavy atom. The monoisotopic (exact) mass is 320 g/mol. The zero-order valence-corrected chi connectivity index (χ0v) is 12.7. The highest BCUT2D eigenvalue weighted by Crippen LogP contribution is 2.48. The van der Waals surface area contributed by atoms with Gasteiger partial charge in [-0.2, -0.15) is 0 Å². The van der Waals surface area contributed by atoms with E-state index in [-0.39, 0.29) is 5.92 Å². The van der Waals surface area contributed by atoms with E-state index in [1.165, 1.54) is 0 Å². The van der Waals surface area contributed by atoms with Gasteiger partial charge in [-0.05, 0) is 12.8 Å². The maximum atomic E-state index is 11.4. The Balaban J connectivity index is 2.03. The van der Waals surface area contributed by atoms with E-state index in [2.05, 4.69) is 0 Å². The minimum Gasteiger partial charge on any atom is -0.479 e. The summed E-state index contributed by atoms with van der Waals surface area (Å²) >= 11 is 0. The van der Waals surface area contributed by atoms with Gasteiger partial charge in [-0.15, -0.1) is 0 Å². The molecule has 124 valence electrons. The quantitative estimate of drug-likeness (QED) is 0.884. The number of rotatable bonds is 4. The zero-order chi connectivity index (χ0) is 16.4. The van der Waals surface area contributed by atoms with Crippen LogP contribution < -0.4 is 0 Å². The lowest BCUT2D eigenvalue weighted by molar-refractivity contribution is -0.230. The molecule has 0 spiro atoms. The molecule has 2 aliphatic rings. The lowest BCUT2D eigenvalue weighted by atomic mass is 9.80. The third kappa shape index (κ3) is 2.84. The number of aliphatic carboxylic acids is 2. The first-order valence-corrected chi connectivity index (χ1v) is 7.91. The van der Waals surface area contributed by atoms with Gasteiger partial charge in [0.2, 0.25) is 0 Å². The van der Waals surface area contributed by atoms with Crippen molar-refractivity contribution in [2.45, 2.75) is 50.1 Å². The summed E-state index contributed by atoms with van der Waals surface area (Å²) in [4.78, 5) is 22.9. The molecular formula is C17H20O6. The summed E-state index contributed by atoms with van der Waals surface area (Å²) in [6, 6.07) is 9.08. The van der Waals surface area contributed by atoms with E-state index in [9.17, 15) is 19.8 Å². The van der Waals surface area contributed by atoms with Crippen LogP contribution in [0.1, 0.15) is 37.7 Å². The summed E-state index contributed by atoms with van der Waals surface area (Å²) in [6.45, 7) is 0. The maximum Gasteiger partial charge on any atom is 0.336 e. The normalized spacial score (nSPS) is 31.8. The second-order valence-electron chi connectivity index (χ2n) is 6.12. The Kier molecular flexibility index (Phi) is 4.37. The lowest BCUT2D eigenvalue weighted by Crippen LogP contribution is -2.39. The second-order valence-corrected chi connectivity index (χ2v) is 6.12. The predicted molar refractivity (Wildman–Crippen MR) is 79.7 cm³/mol. The van der Waals surface area contributed by atoms with Crippen LogP contribution in [-0.4, -0.2) is 34.4 Å². The minimum absolute atomic E-state index is 0.0511. The predicted octanol–water partition coefficient (Wildman–Crippen LogP) is 2.37. The molecule has 0 bridgehead atoms. The van der Waals surface area contributed by atoms with Crippen LogP contribution in [0.4, 0.5) is 0 Å². The number of hydrogen-bond donors (Lipinski definition) is 2. The molecule has 0 radical (unpaired) electrons. The molecule has 1 saturated carbocycles. The van der Waals surface area contributed by atoms with Gasteiger partial charge in [0.15, 0.2) is 18.0 Å². The van der Waals surface area contributed by atoms with E-state index in [0.717, 1.165) is 32.1 Å². The van der Waals surface area contributed by atoms with Crippen molar-refractivity contribution in [2.75, 3.05) is 0 Å². The number of carboxylic acid groups (broad SMARTS) is 2. The molecule has 2 fully saturated rings. The van der Waals surface area contributed by atoms with Crippen molar-refractivity contribution in [1.29, 1.82) is 0 Å². The molecule has 2 atom stereocenters. The van der Waals surface area contributed by atoms with E-state index in [4.69, 9.17) is 9.47 Å². The molecule has 0 amide bonds. The summed E-state index contributed by atoms with van der Waals surface area (Å²) in [5, 5.41) is 18.7. The van der Waals surface area contributed by atoms with Gasteiger partial charge in [-0.3, -0.25) is 0 Å². The molecule has 3 rings (SSSR count). The molecule has 6 heteroatoms. The van der Waals surface area contributed by atoms with Crippen LogP contribution in [0.25, 0.3) is 0 Å². The molecule has 1 aromatic carbocycles. The Labute approximate surface area is 134 Å². The Morgan fingerprint density at radius 3 is 1.91 bits per heavy atom. The highest BCUT2D eigenvalue weighted by Gasteiger charge is 2.58. The van der Waals surface area contributed by atoms with E-state index < -0.39 is 29.9 Å². The van der Waals surface area contributed by atoms with Gasteiger partial charge in [0.1, 0.15) is 0 Å². The summed E-state index contributed by atoms with van der Waals surface area (Å²) in [5.41, 5.74) is 0.682. The highest BCUT2D eigenvalue weighted by atomic mass is 16.8. The van der Waals surface area contributed by atoms with E-state index in [1.54, 1.807) is 12.1 Å². The van der Waals surface area contributed by atoms with Gasteiger partial charge < -0.3 is 19.7 Å².